The molecule has 1 aromatic heterocycles. The molecule has 2 aromatic carbocycles. The van der Waals surface area contributed by atoms with Gasteiger partial charge in [0, 0.05) is 23.6 Å². The highest BCUT2D eigenvalue weighted by Gasteiger charge is 2.10. The summed E-state index contributed by atoms with van der Waals surface area (Å²) in [6, 6.07) is 14.5. The van der Waals surface area contributed by atoms with Crippen LogP contribution in [0.2, 0.25) is 0 Å². The van der Waals surface area contributed by atoms with Gasteiger partial charge in [-0.05, 0) is 23.8 Å². The molecule has 4 heteroatoms. The van der Waals surface area contributed by atoms with Crippen LogP contribution in [-0.2, 0) is 6.54 Å². The molecule has 3 aromatic rings. The van der Waals surface area contributed by atoms with Gasteiger partial charge in [-0.3, -0.25) is 4.79 Å². The Morgan fingerprint density at radius 3 is 2.65 bits per heavy atom. The number of phenols is 1. The molecule has 0 spiro atoms. The maximum atomic E-state index is 12.2. The summed E-state index contributed by atoms with van der Waals surface area (Å²) in [5.41, 5.74) is 2.53. The molecule has 1 amide bonds. The molecule has 100 valence electrons. The Hall–Kier alpha value is -2.75. The summed E-state index contributed by atoms with van der Waals surface area (Å²) in [5.74, 6) is 0.104. The van der Waals surface area contributed by atoms with E-state index >= 15 is 0 Å². The number of carbonyl (C=O) groups excluding carboxylic acids is 1. The number of hydrogen-bond acceptors (Lipinski definition) is 2. The second kappa shape index (κ2) is 5.09. The minimum atomic E-state index is -0.115. The smallest absolute Gasteiger partial charge is 0.253 e. The molecule has 0 saturated heterocycles. The molecule has 0 fully saturated rings. The number of fused-ring (bicyclic) bond motifs is 1. The van der Waals surface area contributed by atoms with Crippen LogP contribution in [-0.4, -0.2) is 16.0 Å². The number of nitrogens with one attached hydrogen (secondary N) is 2. The van der Waals surface area contributed by atoms with Crippen molar-refractivity contribution in [3.63, 3.8) is 0 Å². The minimum absolute atomic E-state index is 0.115. The lowest BCUT2D eigenvalue weighted by atomic mass is 10.1. The first-order valence-electron chi connectivity index (χ1n) is 6.36. The number of rotatable bonds is 3. The van der Waals surface area contributed by atoms with Crippen molar-refractivity contribution >= 4 is 16.8 Å². The summed E-state index contributed by atoms with van der Waals surface area (Å²) in [7, 11) is 0. The van der Waals surface area contributed by atoms with Crippen molar-refractivity contribution in [3.05, 3.63) is 65.9 Å². The third kappa shape index (κ3) is 2.36. The van der Waals surface area contributed by atoms with E-state index < -0.39 is 0 Å². The summed E-state index contributed by atoms with van der Waals surface area (Å²) in [5, 5.41) is 13.0. The molecule has 20 heavy (non-hydrogen) atoms. The van der Waals surface area contributed by atoms with Crippen LogP contribution >= 0.6 is 0 Å². The molecule has 0 saturated carbocycles. The lowest BCUT2D eigenvalue weighted by Gasteiger charge is -2.04. The zero-order valence-corrected chi connectivity index (χ0v) is 10.8. The highest BCUT2D eigenvalue weighted by atomic mass is 16.3. The van der Waals surface area contributed by atoms with E-state index in [0.717, 1.165) is 16.5 Å². The van der Waals surface area contributed by atoms with E-state index in [0.29, 0.717) is 12.1 Å². The van der Waals surface area contributed by atoms with Gasteiger partial charge in [0.25, 0.3) is 5.91 Å². The third-order valence-electron chi connectivity index (χ3n) is 3.22. The maximum Gasteiger partial charge on any atom is 0.253 e. The molecule has 3 rings (SSSR count). The number of aromatic hydroxyl groups is 1. The molecule has 4 nitrogen and oxygen atoms in total. The number of hydrogen-bond donors (Lipinski definition) is 3. The van der Waals surface area contributed by atoms with Crippen LogP contribution in [0.5, 0.6) is 5.75 Å². The van der Waals surface area contributed by atoms with Gasteiger partial charge in [0.1, 0.15) is 5.75 Å². The van der Waals surface area contributed by atoms with E-state index in [4.69, 9.17) is 0 Å². The van der Waals surface area contributed by atoms with Crippen molar-refractivity contribution in [1.29, 1.82) is 0 Å². The monoisotopic (exact) mass is 266 g/mol. The lowest BCUT2D eigenvalue weighted by Crippen LogP contribution is -2.22. The van der Waals surface area contributed by atoms with Crippen LogP contribution in [0.15, 0.2) is 54.7 Å². The lowest BCUT2D eigenvalue weighted by molar-refractivity contribution is 0.0952. The molecule has 3 N–H and O–H groups in total. The fourth-order valence-corrected chi connectivity index (χ4v) is 2.15. The second-order valence-electron chi connectivity index (χ2n) is 4.60. The molecule has 0 bridgehead atoms. The Morgan fingerprint density at radius 2 is 1.85 bits per heavy atom. The van der Waals surface area contributed by atoms with Crippen LogP contribution in [0.25, 0.3) is 10.9 Å². The summed E-state index contributed by atoms with van der Waals surface area (Å²) < 4.78 is 0. The van der Waals surface area contributed by atoms with Crippen molar-refractivity contribution in [2.75, 3.05) is 0 Å². The van der Waals surface area contributed by atoms with E-state index in [1.807, 2.05) is 24.3 Å². The van der Waals surface area contributed by atoms with Gasteiger partial charge in [-0.25, -0.2) is 0 Å². The number of carbonyl (C=O) groups is 1. The number of amides is 1. The average Bonchev–Trinajstić information content (AvgIpc) is 2.90. The minimum Gasteiger partial charge on any atom is -0.508 e. The van der Waals surface area contributed by atoms with Crippen LogP contribution < -0.4 is 5.32 Å². The highest BCUT2D eigenvalue weighted by Crippen LogP contribution is 2.17. The van der Waals surface area contributed by atoms with Crippen molar-refractivity contribution < 1.29 is 9.90 Å². The Kier molecular flexibility index (Phi) is 3.13. The quantitative estimate of drug-likeness (QED) is 0.682. The summed E-state index contributed by atoms with van der Waals surface area (Å²) in [6.07, 6.45) is 1.72. The fourth-order valence-electron chi connectivity index (χ4n) is 2.15. The summed E-state index contributed by atoms with van der Waals surface area (Å²) in [6.45, 7) is 0.429. The normalized spacial score (nSPS) is 10.6. The zero-order chi connectivity index (χ0) is 13.9. The first-order chi connectivity index (χ1) is 9.74. The number of H-pyrrole nitrogens is 1. The van der Waals surface area contributed by atoms with Gasteiger partial charge in [0.15, 0.2) is 0 Å². The van der Waals surface area contributed by atoms with Gasteiger partial charge >= 0.3 is 0 Å². The number of phenolic OH excluding ortho intramolecular Hbond substituents is 1. The predicted octanol–water partition coefficient (Wildman–Crippen LogP) is 2.80. The van der Waals surface area contributed by atoms with Gasteiger partial charge in [-0.2, -0.15) is 0 Å². The van der Waals surface area contributed by atoms with Crippen molar-refractivity contribution in [3.8, 4) is 5.75 Å². The SMILES string of the molecule is O=C(NCc1ccc(O)cc1)c1c[nH]c2ccccc12. The molecule has 0 aliphatic carbocycles. The molecular formula is C16H14N2O2. The number of aromatic amines is 1. The number of para-hydroxylation sites is 1. The molecule has 0 aliphatic rings. The van der Waals surface area contributed by atoms with Crippen molar-refractivity contribution in [1.82, 2.24) is 10.3 Å². The van der Waals surface area contributed by atoms with Gasteiger partial charge < -0.3 is 15.4 Å². The van der Waals surface area contributed by atoms with E-state index in [1.54, 1.807) is 30.5 Å². The van der Waals surface area contributed by atoms with Crippen LogP contribution in [0.1, 0.15) is 15.9 Å². The van der Waals surface area contributed by atoms with Crippen LogP contribution in [0.3, 0.4) is 0 Å². The second-order valence-corrected chi connectivity index (χ2v) is 4.60. The van der Waals surface area contributed by atoms with Gasteiger partial charge in [-0.1, -0.05) is 30.3 Å². The third-order valence-corrected chi connectivity index (χ3v) is 3.22. The van der Waals surface area contributed by atoms with Crippen LogP contribution in [0, 0.1) is 0 Å². The van der Waals surface area contributed by atoms with Gasteiger partial charge in [-0.15, -0.1) is 0 Å². The van der Waals surface area contributed by atoms with E-state index in [1.165, 1.54) is 0 Å². The fraction of sp³-hybridized carbons (Fsp3) is 0.0625. The van der Waals surface area contributed by atoms with Crippen molar-refractivity contribution in [2.24, 2.45) is 0 Å². The molecule has 0 aliphatic heterocycles. The number of benzene rings is 2. The molecule has 0 unspecified atom stereocenters. The average molecular weight is 266 g/mol. The van der Waals surface area contributed by atoms with Gasteiger partial charge in [0.2, 0.25) is 0 Å². The Balaban J connectivity index is 1.75. The van der Waals surface area contributed by atoms with E-state index in [2.05, 4.69) is 10.3 Å². The Bertz CT molecular complexity index is 745. The predicted molar refractivity (Wildman–Crippen MR) is 77.6 cm³/mol. The standard InChI is InChI=1S/C16H14N2O2/c19-12-7-5-11(6-8-12)9-18-16(20)14-10-17-15-4-2-1-3-13(14)15/h1-8,10,17,19H,9H2,(H,18,20). The molecular weight excluding hydrogens is 252 g/mol. The van der Waals surface area contributed by atoms with E-state index in [9.17, 15) is 9.90 Å². The van der Waals surface area contributed by atoms with Gasteiger partial charge in [0.05, 0.1) is 5.56 Å². The Morgan fingerprint density at radius 1 is 1.10 bits per heavy atom. The summed E-state index contributed by atoms with van der Waals surface area (Å²) in [4.78, 5) is 15.3. The number of aromatic nitrogens is 1. The molecule has 0 radical (unpaired) electrons. The van der Waals surface area contributed by atoms with Crippen molar-refractivity contribution in [2.45, 2.75) is 6.54 Å². The molecule has 1 heterocycles. The highest BCUT2D eigenvalue weighted by molar-refractivity contribution is 6.06. The largest absolute Gasteiger partial charge is 0.508 e. The summed E-state index contributed by atoms with van der Waals surface area (Å²) >= 11 is 0. The molecule has 0 atom stereocenters. The van der Waals surface area contributed by atoms with Crippen LogP contribution in [0.4, 0.5) is 0 Å². The first-order valence-corrected chi connectivity index (χ1v) is 6.36. The topological polar surface area (TPSA) is 65.1 Å². The maximum absolute atomic E-state index is 12.2. The Labute approximate surface area is 116 Å². The van der Waals surface area contributed by atoms with E-state index in [-0.39, 0.29) is 11.7 Å². The first kappa shape index (κ1) is 12.3. The zero-order valence-electron chi connectivity index (χ0n) is 10.8.